The maximum absolute atomic E-state index is 9.55. The van der Waals surface area contributed by atoms with Crippen LogP contribution in [0.15, 0.2) is 53.9 Å². The molecule has 1 saturated heterocycles. The third-order valence-corrected chi connectivity index (χ3v) is 5.89. The number of fused-ring (bicyclic) bond motifs is 1. The fourth-order valence-electron chi connectivity index (χ4n) is 3.35. The lowest BCUT2D eigenvalue weighted by atomic mass is 10.0. The summed E-state index contributed by atoms with van der Waals surface area (Å²) >= 11 is 1.82. The van der Waals surface area contributed by atoms with Crippen molar-refractivity contribution in [2.24, 2.45) is 0 Å². The number of aryl methyl sites for hydroxylation is 1. The van der Waals surface area contributed by atoms with Crippen LogP contribution in [0.1, 0.15) is 5.69 Å². The number of piperazine rings is 1. The summed E-state index contributed by atoms with van der Waals surface area (Å²) in [5.41, 5.74) is 3.70. The van der Waals surface area contributed by atoms with Crippen molar-refractivity contribution in [1.82, 2.24) is 9.88 Å². The summed E-state index contributed by atoms with van der Waals surface area (Å²) < 4.78 is 1.35. The molecule has 0 unspecified atom stereocenters. The number of anilines is 1. The molecule has 4 rings (SSSR count). The van der Waals surface area contributed by atoms with Crippen LogP contribution in [0.2, 0.25) is 0 Å². The van der Waals surface area contributed by atoms with E-state index in [1.54, 1.807) is 0 Å². The van der Waals surface area contributed by atoms with Gasteiger partial charge in [0.15, 0.2) is 0 Å². The molecule has 0 spiro atoms. The molecule has 3 aromatic rings. The molecule has 0 saturated carbocycles. The Kier molecular flexibility index (Phi) is 7.38. The first-order valence-corrected chi connectivity index (χ1v) is 10.7. The van der Waals surface area contributed by atoms with Gasteiger partial charge in [-0.1, -0.05) is 18.2 Å². The summed E-state index contributed by atoms with van der Waals surface area (Å²) in [4.78, 5) is 28.7. The first kappa shape index (κ1) is 22.5. The van der Waals surface area contributed by atoms with E-state index in [4.69, 9.17) is 15.2 Å². The molecule has 0 radical (unpaired) electrons. The van der Waals surface area contributed by atoms with Crippen molar-refractivity contribution in [3.05, 3.63) is 59.6 Å². The van der Waals surface area contributed by atoms with Crippen molar-refractivity contribution in [2.45, 2.75) is 6.92 Å². The van der Waals surface area contributed by atoms with Gasteiger partial charge in [-0.05, 0) is 43.1 Å². The Hall–Kier alpha value is -3.23. The molecule has 8 heteroatoms. The number of carboxylic acid groups (broad SMARTS) is 2. The van der Waals surface area contributed by atoms with E-state index in [0.717, 1.165) is 37.7 Å². The first-order valence-electron chi connectivity index (χ1n) is 9.86. The van der Waals surface area contributed by atoms with E-state index in [2.05, 4.69) is 65.5 Å². The largest absolute Gasteiger partial charge is 0.478 e. The van der Waals surface area contributed by atoms with Crippen LogP contribution in [0.4, 0.5) is 5.82 Å². The standard InChI is InChI=1S/C19H21N3S.C4H4O4/c1-14-11-15(17-13-23-18-6-4-3-5-16(17)18)12-19(20-14)22-9-7-21(2)8-10-22;5-3(6)1-2-4(7)8/h3-6,11-13H,7-10H2,1-2H3;1-2H,(H,5,6)(H,7,8). The van der Waals surface area contributed by atoms with Crippen molar-refractivity contribution < 1.29 is 19.8 Å². The number of carboxylic acids is 2. The van der Waals surface area contributed by atoms with Gasteiger partial charge in [-0.15, -0.1) is 11.3 Å². The van der Waals surface area contributed by atoms with Gasteiger partial charge >= 0.3 is 11.9 Å². The smallest absolute Gasteiger partial charge is 0.328 e. The molecule has 3 heterocycles. The maximum Gasteiger partial charge on any atom is 0.328 e. The molecule has 0 atom stereocenters. The number of aliphatic carboxylic acids is 2. The average molecular weight is 440 g/mol. The number of nitrogens with zero attached hydrogens (tertiary/aromatic N) is 3. The van der Waals surface area contributed by atoms with Gasteiger partial charge in [0.1, 0.15) is 5.82 Å². The van der Waals surface area contributed by atoms with Gasteiger partial charge in [0, 0.05) is 59.7 Å². The molecule has 162 valence electrons. The lowest BCUT2D eigenvalue weighted by Crippen LogP contribution is -2.44. The van der Waals surface area contributed by atoms with Gasteiger partial charge in [-0.25, -0.2) is 14.6 Å². The van der Waals surface area contributed by atoms with Crippen LogP contribution >= 0.6 is 11.3 Å². The highest BCUT2D eigenvalue weighted by Crippen LogP contribution is 2.35. The highest BCUT2D eigenvalue weighted by Gasteiger charge is 2.17. The second-order valence-corrected chi connectivity index (χ2v) is 8.21. The molecule has 31 heavy (non-hydrogen) atoms. The Morgan fingerprint density at radius 3 is 2.32 bits per heavy atom. The third-order valence-electron chi connectivity index (χ3n) is 4.93. The normalized spacial score (nSPS) is 14.5. The maximum atomic E-state index is 9.55. The predicted octanol–water partition coefficient (Wildman–Crippen LogP) is 3.74. The van der Waals surface area contributed by atoms with E-state index < -0.39 is 11.9 Å². The van der Waals surface area contributed by atoms with Gasteiger partial charge in [0.05, 0.1) is 0 Å². The average Bonchev–Trinajstić information content (AvgIpc) is 3.17. The second kappa shape index (κ2) is 10.2. The van der Waals surface area contributed by atoms with E-state index in [0.29, 0.717) is 12.2 Å². The molecule has 2 N–H and O–H groups in total. The Morgan fingerprint density at radius 1 is 1.03 bits per heavy atom. The van der Waals surface area contributed by atoms with Crippen LogP contribution in [0.3, 0.4) is 0 Å². The number of hydrogen-bond donors (Lipinski definition) is 2. The first-order chi connectivity index (χ1) is 14.8. The zero-order chi connectivity index (χ0) is 22.4. The molecular weight excluding hydrogens is 414 g/mol. The molecule has 1 aliphatic rings. The van der Waals surface area contributed by atoms with Crippen LogP contribution < -0.4 is 4.90 Å². The number of pyridine rings is 1. The number of hydrogen-bond acceptors (Lipinski definition) is 6. The summed E-state index contributed by atoms with van der Waals surface area (Å²) in [6.07, 6.45) is 1.12. The Balaban J connectivity index is 0.000000293. The molecule has 1 aliphatic heterocycles. The van der Waals surface area contributed by atoms with Crippen molar-refractivity contribution in [3.8, 4) is 11.1 Å². The highest BCUT2D eigenvalue weighted by molar-refractivity contribution is 7.17. The van der Waals surface area contributed by atoms with Crippen LogP contribution in [-0.4, -0.2) is 65.3 Å². The number of benzene rings is 1. The lowest BCUT2D eigenvalue weighted by Gasteiger charge is -2.33. The molecule has 0 bridgehead atoms. The molecule has 0 amide bonds. The van der Waals surface area contributed by atoms with Crippen molar-refractivity contribution in [3.63, 3.8) is 0 Å². The lowest BCUT2D eigenvalue weighted by molar-refractivity contribution is -0.134. The fourth-order valence-corrected chi connectivity index (χ4v) is 4.32. The summed E-state index contributed by atoms with van der Waals surface area (Å²) in [5.74, 6) is -1.40. The van der Waals surface area contributed by atoms with Gasteiger partial charge in [0.25, 0.3) is 0 Å². The predicted molar refractivity (Wildman–Crippen MR) is 124 cm³/mol. The van der Waals surface area contributed by atoms with E-state index in [9.17, 15) is 9.59 Å². The minimum absolute atomic E-state index is 0.558. The Morgan fingerprint density at radius 2 is 1.68 bits per heavy atom. The number of thiophene rings is 1. The van der Waals surface area contributed by atoms with Crippen molar-refractivity contribution >= 4 is 39.2 Å². The van der Waals surface area contributed by atoms with E-state index in [1.807, 2.05) is 11.3 Å². The van der Waals surface area contributed by atoms with Crippen LogP contribution in [-0.2, 0) is 9.59 Å². The number of carbonyl (C=O) groups is 2. The molecule has 1 fully saturated rings. The molecular formula is C23H25N3O4S. The number of rotatable bonds is 4. The number of likely N-dealkylation sites (N-methyl/N-ethyl adjacent to an activating group) is 1. The second-order valence-electron chi connectivity index (χ2n) is 7.30. The summed E-state index contributed by atoms with van der Waals surface area (Å²) in [7, 11) is 2.18. The zero-order valence-corrected chi connectivity index (χ0v) is 18.3. The topological polar surface area (TPSA) is 94.0 Å². The molecule has 7 nitrogen and oxygen atoms in total. The highest BCUT2D eigenvalue weighted by atomic mass is 32.1. The minimum atomic E-state index is -1.26. The van der Waals surface area contributed by atoms with Crippen LogP contribution in [0, 0.1) is 6.92 Å². The van der Waals surface area contributed by atoms with Gasteiger partial charge in [0.2, 0.25) is 0 Å². The summed E-state index contributed by atoms with van der Waals surface area (Å²) in [6, 6.07) is 13.1. The zero-order valence-electron chi connectivity index (χ0n) is 17.5. The van der Waals surface area contributed by atoms with E-state index >= 15 is 0 Å². The fraction of sp³-hybridized carbons (Fsp3) is 0.261. The Bertz CT molecular complexity index is 1090. The van der Waals surface area contributed by atoms with Gasteiger partial charge < -0.3 is 20.0 Å². The summed E-state index contributed by atoms with van der Waals surface area (Å²) in [6.45, 7) is 6.41. The number of aromatic nitrogens is 1. The quantitative estimate of drug-likeness (QED) is 0.598. The molecule has 2 aromatic heterocycles. The van der Waals surface area contributed by atoms with Crippen LogP contribution in [0.5, 0.6) is 0 Å². The van der Waals surface area contributed by atoms with Gasteiger partial charge in [-0.2, -0.15) is 0 Å². The van der Waals surface area contributed by atoms with Gasteiger partial charge in [-0.3, -0.25) is 0 Å². The third kappa shape index (κ3) is 6.13. The van der Waals surface area contributed by atoms with E-state index in [-0.39, 0.29) is 0 Å². The molecule has 1 aromatic carbocycles. The van der Waals surface area contributed by atoms with Crippen LogP contribution in [0.25, 0.3) is 21.2 Å². The summed E-state index contributed by atoms with van der Waals surface area (Å²) in [5, 5.41) is 19.2. The van der Waals surface area contributed by atoms with Crippen molar-refractivity contribution in [1.29, 1.82) is 0 Å². The Labute approximate surface area is 184 Å². The van der Waals surface area contributed by atoms with E-state index in [1.165, 1.54) is 21.2 Å². The monoisotopic (exact) mass is 439 g/mol. The molecule has 0 aliphatic carbocycles. The van der Waals surface area contributed by atoms with Crippen molar-refractivity contribution in [2.75, 3.05) is 38.1 Å². The SMILES string of the molecule is Cc1cc(-c2csc3ccccc23)cc(N2CCN(C)CC2)n1.O=C(O)C=CC(=O)O. The minimum Gasteiger partial charge on any atom is -0.478 e.